The van der Waals surface area contributed by atoms with Gasteiger partial charge in [0.05, 0.1) is 22.6 Å². The van der Waals surface area contributed by atoms with Gasteiger partial charge in [0.2, 0.25) is 0 Å². The summed E-state index contributed by atoms with van der Waals surface area (Å²) in [6.45, 7) is 5.95. The van der Waals surface area contributed by atoms with Crippen molar-refractivity contribution in [2.45, 2.75) is 32.9 Å². The summed E-state index contributed by atoms with van der Waals surface area (Å²) in [5, 5.41) is 8.46. The van der Waals surface area contributed by atoms with Gasteiger partial charge in [-0.1, -0.05) is 12.1 Å². The number of aromatic nitrogens is 1. The molecule has 0 saturated carbocycles. The molecule has 0 radical (unpaired) electrons. The minimum atomic E-state index is 0.245. The number of fused-ring (bicyclic) bond motifs is 1. The van der Waals surface area contributed by atoms with Crippen molar-refractivity contribution in [3.63, 3.8) is 0 Å². The van der Waals surface area contributed by atoms with Crippen LogP contribution in [0.3, 0.4) is 0 Å². The number of nitrogens with two attached hydrogens (primary N) is 1. The maximum atomic E-state index is 7.33. The van der Waals surface area contributed by atoms with Gasteiger partial charge in [-0.2, -0.15) is 0 Å². The lowest BCUT2D eigenvalue weighted by atomic mass is 10.2. The first-order valence-corrected chi connectivity index (χ1v) is 7.29. The van der Waals surface area contributed by atoms with E-state index in [4.69, 9.17) is 11.1 Å². The Hall–Kier alpha value is -1.46. The summed E-state index contributed by atoms with van der Waals surface area (Å²) in [6, 6.07) is 8.63. The molecule has 5 heteroatoms. The van der Waals surface area contributed by atoms with Gasteiger partial charge in [-0.3, -0.25) is 10.3 Å². The quantitative estimate of drug-likeness (QED) is 0.630. The number of nitrogens with zero attached hydrogens (tertiary/aromatic N) is 2. The number of benzene rings is 1. The molecule has 2 rings (SSSR count). The third kappa shape index (κ3) is 3.75. The van der Waals surface area contributed by atoms with E-state index < -0.39 is 0 Å². The maximum Gasteiger partial charge on any atom is 0.108 e. The first-order valence-electron chi connectivity index (χ1n) is 6.47. The smallest absolute Gasteiger partial charge is 0.108 e. The van der Waals surface area contributed by atoms with E-state index in [2.05, 4.69) is 29.8 Å². The summed E-state index contributed by atoms with van der Waals surface area (Å²) >= 11 is 1.74. The SMILES string of the molecule is CC(C)N(CCC(=N)N)Cc1nc2ccccc2s1. The minimum Gasteiger partial charge on any atom is -0.388 e. The van der Waals surface area contributed by atoms with Crippen LogP contribution in [0.25, 0.3) is 10.2 Å². The number of para-hydroxylation sites is 1. The molecule has 0 bridgehead atoms. The zero-order chi connectivity index (χ0) is 13.8. The Morgan fingerprint density at radius 1 is 1.42 bits per heavy atom. The second-order valence-corrected chi connectivity index (χ2v) is 6.03. The maximum absolute atomic E-state index is 7.33. The number of rotatable bonds is 6. The Morgan fingerprint density at radius 2 is 2.16 bits per heavy atom. The highest BCUT2D eigenvalue weighted by Gasteiger charge is 2.13. The van der Waals surface area contributed by atoms with Crippen LogP contribution in [0.5, 0.6) is 0 Å². The molecule has 4 nitrogen and oxygen atoms in total. The number of thiazole rings is 1. The molecular weight excluding hydrogens is 256 g/mol. The third-order valence-corrected chi connectivity index (χ3v) is 4.10. The second-order valence-electron chi connectivity index (χ2n) is 4.91. The molecule has 0 spiro atoms. The molecule has 0 saturated heterocycles. The molecule has 0 fully saturated rings. The van der Waals surface area contributed by atoms with Gasteiger partial charge in [0.1, 0.15) is 5.01 Å². The number of hydrogen-bond donors (Lipinski definition) is 2. The molecule has 0 aliphatic carbocycles. The van der Waals surface area contributed by atoms with Crippen molar-refractivity contribution < 1.29 is 0 Å². The molecular formula is C14H20N4S. The lowest BCUT2D eigenvalue weighted by Crippen LogP contribution is -2.33. The highest BCUT2D eigenvalue weighted by molar-refractivity contribution is 7.18. The van der Waals surface area contributed by atoms with Crippen molar-refractivity contribution in [2.24, 2.45) is 5.73 Å². The van der Waals surface area contributed by atoms with Crippen LogP contribution in [0, 0.1) is 5.41 Å². The fourth-order valence-corrected chi connectivity index (χ4v) is 2.94. The van der Waals surface area contributed by atoms with Gasteiger partial charge in [0.25, 0.3) is 0 Å². The van der Waals surface area contributed by atoms with Crippen LogP contribution in [-0.2, 0) is 6.54 Å². The van der Waals surface area contributed by atoms with Crippen LogP contribution in [0.4, 0.5) is 0 Å². The van der Waals surface area contributed by atoms with Crippen LogP contribution < -0.4 is 5.73 Å². The predicted octanol–water partition coefficient (Wildman–Crippen LogP) is 2.83. The standard InChI is InChI=1S/C14H20N4S/c1-10(2)18(8-7-13(15)16)9-14-17-11-5-3-4-6-12(11)19-14/h3-6,10H,7-9H2,1-2H3,(H3,15,16). The highest BCUT2D eigenvalue weighted by atomic mass is 32.1. The monoisotopic (exact) mass is 276 g/mol. The van der Waals surface area contributed by atoms with Gasteiger partial charge in [0.15, 0.2) is 0 Å². The summed E-state index contributed by atoms with van der Waals surface area (Å²) < 4.78 is 1.23. The molecule has 2 aromatic rings. The largest absolute Gasteiger partial charge is 0.388 e. The van der Waals surface area contributed by atoms with E-state index in [0.29, 0.717) is 12.5 Å². The van der Waals surface area contributed by atoms with Crippen LogP contribution >= 0.6 is 11.3 Å². The van der Waals surface area contributed by atoms with Crippen LogP contribution in [0.2, 0.25) is 0 Å². The zero-order valence-electron chi connectivity index (χ0n) is 11.4. The van der Waals surface area contributed by atoms with E-state index >= 15 is 0 Å². The average molecular weight is 276 g/mol. The summed E-state index contributed by atoms with van der Waals surface area (Å²) in [5.74, 6) is 0.245. The number of hydrogen-bond acceptors (Lipinski definition) is 4. The Kier molecular flexibility index (Phi) is 4.50. The normalized spacial score (nSPS) is 11.6. The average Bonchev–Trinajstić information content (AvgIpc) is 2.76. The fourth-order valence-electron chi connectivity index (χ4n) is 1.95. The second kappa shape index (κ2) is 6.12. The van der Waals surface area contributed by atoms with Gasteiger partial charge in [0, 0.05) is 19.0 Å². The van der Waals surface area contributed by atoms with Gasteiger partial charge >= 0.3 is 0 Å². The molecule has 1 heterocycles. The fraction of sp³-hybridized carbons (Fsp3) is 0.429. The van der Waals surface area contributed by atoms with Crippen molar-refractivity contribution >= 4 is 27.4 Å². The first kappa shape index (κ1) is 14.0. The van der Waals surface area contributed by atoms with Crippen LogP contribution in [0.15, 0.2) is 24.3 Å². The topological polar surface area (TPSA) is 66.0 Å². The van der Waals surface area contributed by atoms with Crippen LogP contribution in [-0.4, -0.2) is 28.3 Å². The molecule has 0 aliphatic rings. The van der Waals surface area contributed by atoms with Crippen molar-refractivity contribution in [2.75, 3.05) is 6.54 Å². The molecule has 19 heavy (non-hydrogen) atoms. The van der Waals surface area contributed by atoms with Crippen molar-refractivity contribution in [1.82, 2.24) is 9.88 Å². The zero-order valence-corrected chi connectivity index (χ0v) is 12.2. The van der Waals surface area contributed by atoms with E-state index in [1.165, 1.54) is 4.70 Å². The molecule has 0 amide bonds. The van der Waals surface area contributed by atoms with Gasteiger partial charge in [-0.05, 0) is 26.0 Å². The van der Waals surface area contributed by atoms with Crippen molar-refractivity contribution in [3.8, 4) is 0 Å². The summed E-state index contributed by atoms with van der Waals surface area (Å²) in [7, 11) is 0. The van der Waals surface area contributed by atoms with E-state index in [0.717, 1.165) is 23.6 Å². The molecule has 0 atom stereocenters. The van der Waals surface area contributed by atoms with Crippen molar-refractivity contribution in [1.29, 1.82) is 5.41 Å². The molecule has 102 valence electrons. The lowest BCUT2D eigenvalue weighted by molar-refractivity contribution is 0.219. The Morgan fingerprint density at radius 3 is 2.79 bits per heavy atom. The Balaban J connectivity index is 2.09. The highest BCUT2D eigenvalue weighted by Crippen LogP contribution is 2.23. The van der Waals surface area contributed by atoms with Gasteiger partial charge in [-0.15, -0.1) is 11.3 Å². The molecule has 0 unspecified atom stereocenters. The van der Waals surface area contributed by atoms with E-state index in [1.54, 1.807) is 11.3 Å². The van der Waals surface area contributed by atoms with E-state index in [9.17, 15) is 0 Å². The Bertz CT molecular complexity index is 528. The summed E-state index contributed by atoms with van der Waals surface area (Å²) in [6.07, 6.45) is 0.614. The van der Waals surface area contributed by atoms with Crippen LogP contribution in [0.1, 0.15) is 25.3 Å². The molecule has 3 N–H and O–H groups in total. The van der Waals surface area contributed by atoms with Gasteiger partial charge in [-0.25, -0.2) is 4.98 Å². The lowest BCUT2D eigenvalue weighted by Gasteiger charge is -2.25. The Labute approximate surface area is 117 Å². The van der Waals surface area contributed by atoms with Crippen molar-refractivity contribution in [3.05, 3.63) is 29.3 Å². The molecule has 1 aromatic carbocycles. The summed E-state index contributed by atoms with van der Waals surface area (Å²) in [4.78, 5) is 6.96. The third-order valence-electron chi connectivity index (χ3n) is 3.08. The molecule has 0 aliphatic heterocycles. The first-order chi connectivity index (χ1) is 9.06. The minimum absolute atomic E-state index is 0.245. The summed E-state index contributed by atoms with van der Waals surface area (Å²) in [5.41, 5.74) is 6.51. The van der Waals surface area contributed by atoms with Gasteiger partial charge < -0.3 is 5.73 Å². The number of nitrogens with one attached hydrogen (secondary N) is 1. The predicted molar refractivity (Wildman–Crippen MR) is 81.7 cm³/mol. The number of amidine groups is 1. The molecule has 1 aromatic heterocycles. The van der Waals surface area contributed by atoms with E-state index in [-0.39, 0.29) is 5.84 Å². The van der Waals surface area contributed by atoms with E-state index in [1.807, 2.05) is 18.2 Å².